The number of aliphatic hydroxyl groups excluding tert-OH is 1. The van der Waals surface area contributed by atoms with Crippen LogP contribution in [-0.2, 0) is 6.42 Å². The number of aromatic nitrogens is 1. The van der Waals surface area contributed by atoms with Crippen molar-refractivity contribution in [3.05, 3.63) is 29.6 Å². The number of aliphatic hydroxyl groups is 1. The molecule has 112 valence electrons. The molecule has 0 aromatic carbocycles. The highest BCUT2D eigenvalue weighted by molar-refractivity contribution is 5.74. The molecule has 0 saturated carbocycles. The number of hydrogen-bond donors (Lipinski definition) is 2. The zero-order chi connectivity index (χ0) is 15.1. The smallest absolute Gasteiger partial charge is 0.317 e. The molecule has 1 heterocycles. The normalized spacial score (nSPS) is 12.3. The standard InChI is InChI=1S/C15H25N3O2/c1-11(2)18(10-13(4)19)15(20)17-8-6-14-5-7-16-9-12(14)3/h5,7,9,11,13,19H,6,8,10H2,1-4H3,(H,17,20). The molecule has 0 spiro atoms. The number of urea groups is 1. The molecule has 2 N–H and O–H groups in total. The number of amides is 2. The van der Waals surface area contributed by atoms with Crippen LogP contribution < -0.4 is 5.32 Å². The highest BCUT2D eigenvalue weighted by atomic mass is 16.3. The van der Waals surface area contributed by atoms with Crippen molar-refractivity contribution in [3.63, 3.8) is 0 Å². The highest BCUT2D eigenvalue weighted by Gasteiger charge is 2.18. The molecule has 0 aliphatic heterocycles. The summed E-state index contributed by atoms with van der Waals surface area (Å²) in [7, 11) is 0. The van der Waals surface area contributed by atoms with E-state index in [1.165, 1.54) is 5.56 Å². The maximum atomic E-state index is 12.1. The van der Waals surface area contributed by atoms with Crippen LogP contribution in [0.1, 0.15) is 31.9 Å². The highest BCUT2D eigenvalue weighted by Crippen LogP contribution is 2.05. The van der Waals surface area contributed by atoms with Crippen molar-refractivity contribution in [2.75, 3.05) is 13.1 Å². The molecule has 20 heavy (non-hydrogen) atoms. The van der Waals surface area contributed by atoms with E-state index in [4.69, 9.17) is 0 Å². The molecular weight excluding hydrogens is 254 g/mol. The van der Waals surface area contributed by atoms with E-state index in [2.05, 4.69) is 10.3 Å². The Hall–Kier alpha value is -1.62. The average Bonchev–Trinajstić information content (AvgIpc) is 2.37. The van der Waals surface area contributed by atoms with Gasteiger partial charge in [0.05, 0.1) is 6.10 Å². The summed E-state index contributed by atoms with van der Waals surface area (Å²) < 4.78 is 0. The molecule has 0 saturated heterocycles. The molecule has 1 aromatic rings. The zero-order valence-electron chi connectivity index (χ0n) is 12.8. The Morgan fingerprint density at radius 1 is 1.45 bits per heavy atom. The Bertz CT molecular complexity index is 433. The quantitative estimate of drug-likeness (QED) is 0.833. The molecule has 5 heteroatoms. The molecule has 0 aliphatic carbocycles. The third-order valence-corrected chi connectivity index (χ3v) is 3.15. The molecule has 1 atom stereocenters. The Morgan fingerprint density at radius 2 is 2.15 bits per heavy atom. The van der Waals surface area contributed by atoms with Crippen molar-refractivity contribution in [2.24, 2.45) is 0 Å². The lowest BCUT2D eigenvalue weighted by Gasteiger charge is -2.28. The molecular formula is C15H25N3O2. The maximum Gasteiger partial charge on any atom is 0.317 e. The lowest BCUT2D eigenvalue weighted by atomic mass is 10.1. The van der Waals surface area contributed by atoms with E-state index in [9.17, 15) is 9.90 Å². The van der Waals surface area contributed by atoms with E-state index in [0.29, 0.717) is 13.1 Å². The fraction of sp³-hybridized carbons (Fsp3) is 0.600. The van der Waals surface area contributed by atoms with Crippen molar-refractivity contribution in [3.8, 4) is 0 Å². The summed E-state index contributed by atoms with van der Waals surface area (Å²) in [4.78, 5) is 17.8. The van der Waals surface area contributed by atoms with E-state index in [-0.39, 0.29) is 12.1 Å². The Kier molecular flexibility index (Phi) is 6.45. The zero-order valence-corrected chi connectivity index (χ0v) is 12.8. The number of aryl methyl sites for hydroxylation is 1. The SMILES string of the molecule is Cc1cnccc1CCNC(=O)N(CC(C)O)C(C)C. The van der Waals surface area contributed by atoms with Gasteiger partial charge in [0.25, 0.3) is 0 Å². The first kappa shape index (κ1) is 16.4. The predicted molar refractivity (Wildman–Crippen MR) is 79.6 cm³/mol. The van der Waals surface area contributed by atoms with Crippen molar-refractivity contribution in [2.45, 2.75) is 46.3 Å². The summed E-state index contributed by atoms with van der Waals surface area (Å²) in [6, 6.07) is 1.90. The third kappa shape index (κ3) is 5.17. The van der Waals surface area contributed by atoms with Gasteiger partial charge in [0.2, 0.25) is 0 Å². The molecule has 1 aromatic heterocycles. The van der Waals surface area contributed by atoms with Crippen LogP contribution in [0.5, 0.6) is 0 Å². The number of pyridine rings is 1. The minimum Gasteiger partial charge on any atom is -0.392 e. The monoisotopic (exact) mass is 279 g/mol. The van der Waals surface area contributed by atoms with Gasteiger partial charge in [-0.15, -0.1) is 0 Å². The summed E-state index contributed by atoms with van der Waals surface area (Å²) in [6.45, 7) is 8.50. The van der Waals surface area contributed by atoms with Crippen molar-refractivity contribution in [1.82, 2.24) is 15.2 Å². The van der Waals surface area contributed by atoms with Crippen LogP contribution in [0.25, 0.3) is 0 Å². The fourth-order valence-electron chi connectivity index (χ4n) is 2.00. The van der Waals surface area contributed by atoms with Gasteiger partial charge in [-0.2, -0.15) is 0 Å². The lowest BCUT2D eigenvalue weighted by Crippen LogP contribution is -2.47. The van der Waals surface area contributed by atoms with Gasteiger partial charge in [0.15, 0.2) is 0 Å². The first-order chi connectivity index (χ1) is 9.41. The second-order valence-corrected chi connectivity index (χ2v) is 5.38. The molecule has 0 radical (unpaired) electrons. The van der Waals surface area contributed by atoms with Crippen LogP contribution in [0.2, 0.25) is 0 Å². The van der Waals surface area contributed by atoms with Crippen molar-refractivity contribution in [1.29, 1.82) is 0 Å². The third-order valence-electron chi connectivity index (χ3n) is 3.15. The van der Waals surface area contributed by atoms with Gasteiger partial charge in [-0.1, -0.05) is 0 Å². The Balaban J connectivity index is 2.47. The summed E-state index contributed by atoms with van der Waals surface area (Å²) in [6.07, 6.45) is 3.84. The number of rotatable bonds is 6. The Labute approximate surface area is 121 Å². The molecule has 5 nitrogen and oxygen atoms in total. The Morgan fingerprint density at radius 3 is 2.70 bits per heavy atom. The lowest BCUT2D eigenvalue weighted by molar-refractivity contribution is 0.119. The topological polar surface area (TPSA) is 65.5 Å². The maximum absolute atomic E-state index is 12.1. The van der Waals surface area contributed by atoms with Crippen LogP contribution in [0.4, 0.5) is 4.79 Å². The van der Waals surface area contributed by atoms with E-state index >= 15 is 0 Å². The predicted octanol–water partition coefficient (Wildman–Crippen LogP) is 1.73. The summed E-state index contributed by atoms with van der Waals surface area (Å²) in [5.41, 5.74) is 2.32. The average molecular weight is 279 g/mol. The fourth-order valence-corrected chi connectivity index (χ4v) is 2.00. The number of nitrogens with one attached hydrogen (secondary N) is 1. The van der Waals surface area contributed by atoms with E-state index in [0.717, 1.165) is 12.0 Å². The van der Waals surface area contributed by atoms with Gasteiger partial charge in [-0.05, 0) is 51.3 Å². The van der Waals surface area contributed by atoms with Crippen LogP contribution in [0, 0.1) is 6.92 Å². The molecule has 1 unspecified atom stereocenters. The molecule has 0 bridgehead atoms. The second-order valence-electron chi connectivity index (χ2n) is 5.38. The van der Waals surface area contributed by atoms with Gasteiger partial charge in [-0.3, -0.25) is 4.98 Å². The number of hydrogen-bond acceptors (Lipinski definition) is 3. The van der Waals surface area contributed by atoms with Crippen LogP contribution in [0.15, 0.2) is 18.5 Å². The summed E-state index contributed by atoms with van der Waals surface area (Å²) in [5.74, 6) is 0. The summed E-state index contributed by atoms with van der Waals surface area (Å²) >= 11 is 0. The first-order valence-electron chi connectivity index (χ1n) is 7.03. The van der Waals surface area contributed by atoms with Crippen LogP contribution >= 0.6 is 0 Å². The molecule has 1 rings (SSSR count). The van der Waals surface area contributed by atoms with Crippen molar-refractivity contribution < 1.29 is 9.90 Å². The van der Waals surface area contributed by atoms with Crippen LogP contribution in [0.3, 0.4) is 0 Å². The number of nitrogens with zero attached hydrogens (tertiary/aromatic N) is 2. The molecule has 2 amide bonds. The van der Waals surface area contributed by atoms with Crippen LogP contribution in [-0.4, -0.2) is 46.3 Å². The second kappa shape index (κ2) is 7.85. The van der Waals surface area contributed by atoms with E-state index < -0.39 is 6.10 Å². The van der Waals surface area contributed by atoms with E-state index in [1.807, 2.05) is 33.0 Å². The minimum absolute atomic E-state index is 0.0623. The van der Waals surface area contributed by atoms with Crippen molar-refractivity contribution >= 4 is 6.03 Å². The van der Waals surface area contributed by atoms with Gasteiger partial charge in [0, 0.05) is 31.5 Å². The van der Waals surface area contributed by atoms with Gasteiger partial charge in [0.1, 0.15) is 0 Å². The number of carbonyl (C=O) groups excluding carboxylic acids is 1. The van der Waals surface area contributed by atoms with Gasteiger partial charge < -0.3 is 15.3 Å². The molecule has 0 aliphatic rings. The van der Waals surface area contributed by atoms with E-state index in [1.54, 1.807) is 18.0 Å². The van der Waals surface area contributed by atoms with Gasteiger partial charge in [-0.25, -0.2) is 4.79 Å². The summed E-state index contributed by atoms with van der Waals surface area (Å²) in [5, 5.41) is 12.3. The minimum atomic E-state index is -0.523. The first-order valence-corrected chi connectivity index (χ1v) is 7.03. The number of carbonyl (C=O) groups is 1. The molecule has 0 fully saturated rings. The van der Waals surface area contributed by atoms with Gasteiger partial charge >= 0.3 is 6.03 Å². The largest absolute Gasteiger partial charge is 0.392 e.